The average Bonchev–Trinajstić information content (AvgIpc) is 3.64. The molecule has 0 unspecified atom stereocenters. The third-order valence-electron chi connectivity index (χ3n) is 7.39. The van der Waals surface area contributed by atoms with Gasteiger partial charge in [-0.2, -0.15) is 0 Å². The van der Waals surface area contributed by atoms with E-state index in [2.05, 4.69) is 29.3 Å². The molecule has 8 heteroatoms. The quantitative estimate of drug-likeness (QED) is 0.417. The largest absolute Gasteiger partial charge is 0.504 e. The number of phenolic OH excluding ortho intramolecular Hbond substituents is 1. The first-order valence-corrected chi connectivity index (χ1v) is 12.5. The summed E-state index contributed by atoms with van der Waals surface area (Å²) in [4.78, 5) is 23.8. The number of benzene rings is 1. The highest BCUT2D eigenvalue weighted by Gasteiger charge is 2.47. The van der Waals surface area contributed by atoms with Crippen molar-refractivity contribution in [3.8, 4) is 17.0 Å². The zero-order valence-corrected chi connectivity index (χ0v) is 20.8. The van der Waals surface area contributed by atoms with Crippen molar-refractivity contribution >= 4 is 34.6 Å². The van der Waals surface area contributed by atoms with Gasteiger partial charge in [-0.05, 0) is 82.8 Å². The molecule has 5 rings (SSSR count). The first-order chi connectivity index (χ1) is 16.8. The summed E-state index contributed by atoms with van der Waals surface area (Å²) < 4.78 is 14.2. The lowest BCUT2D eigenvalue weighted by Gasteiger charge is -2.32. The number of hydrogen-bond donors (Lipinski definition) is 2. The molecule has 6 nitrogen and oxygen atoms in total. The minimum atomic E-state index is -0.799. The van der Waals surface area contributed by atoms with E-state index in [1.165, 1.54) is 12.1 Å². The summed E-state index contributed by atoms with van der Waals surface area (Å²) in [7, 11) is 4.23. The Labute approximate surface area is 209 Å². The van der Waals surface area contributed by atoms with E-state index in [0.717, 1.165) is 62.6 Å². The predicted octanol–water partition coefficient (Wildman–Crippen LogP) is 5.56. The molecule has 0 bridgehead atoms. The summed E-state index contributed by atoms with van der Waals surface area (Å²) in [6, 6.07) is 6.61. The molecular formula is C27H30ClFN4O2. The van der Waals surface area contributed by atoms with Crippen molar-refractivity contribution in [2.24, 2.45) is 5.92 Å². The fourth-order valence-corrected chi connectivity index (χ4v) is 5.47. The maximum absolute atomic E-state index is 14.2. The van der Waals surface area contributed by atoms with E-state index in [1.54, 1.807) is 6.07 Å². The van der Waals surface area contributed by atoms with Crippen molar-refractivity contribution in [3.05, 3.63) is 46.9 Å². The topological polar surface area (TPSA) is 78.4 Å². The Balaban J connectivity index is 1.54. The Kier molecular flexibility index (Phi) is 6.40. The van der Waals surface area contributed by atoms with Gasteiger partial charge >= 0.3 is 0 Å². The number of carbonyl (C=O) groups is 1. The summed E-state index contributed by atoms with van der Waals surface area (Å²) in [6.45, 7) is 1.10. The lowest BCUT2D eigenvalue weighted by molar-refractivity contribution is -0.109. The molecule has 2 aliphatic carbocycles. The highest BCUT2D eigenvalue weighted by Crippen LogP contribution is 2.50. The Bertz CT molecular complexity index is 1250. The van der Waals surface area contributed by atoms with E-state index in [-0.39, 0.29) is 11.1 Å². The fraction of sp³-hybridized carbons (Fsp3) is 0.444. The van der Waals surface area contributed by atoms with Crippen molar-refractivity contribution < 1.29 is 14.3 Å². The SMILES string of the molecule is CN(C)CC1CCC(Nc2c(C3(C=O)CC3)cnc3ccc(-c4cc(F)c(O)c(Cl)c4)nc23)CC1. The third-order valence-corrected chi connectivity index (χ3v) is 7.68. The monoisotopic (exact) mass is 496 g/mol. The molecule has 2 heterocycles. The van der Waals surface area contributed by atoms with Crippen LogP contribution in [0.2, 0.25) is 5.02 Å². The number of aldehydes is 1. The number of anilines is 1. The molecule has 2 N–H and O–H groups in total. The van der Waals surface area contributed by atoms with Gasteiger partial charge in [0, 0.05) is 29.9 Å². The Morgan fingerprint density at radius 2 is 1.97 bits per heavy atom. The van der Waals surface area contributed by atoms with Gasteiger partial charge in [-0.3, -0.25) is 4.98 Å². The molecule has 0 saturated heterocycles. The molecule has 0 spiro atoms. The second kappa shape index (κ2) is 9.36. The molecule has 0 aliphatic heterocycles. The normalized spacial score (nSPS) is 21.3. The first-order valence-electron chi connectivity index (χ1n) is 12.2. The van der Waals surface area contributed by atoms with E-state index in [9.17, 15) is 14.3 Å². The molecule has 3 aromatic rings. The number of phenols is 1. The van der Waals surface area contributed by atoms with Crippen LogP contribution in [0.3, 0.4) is 0 Å². The lowest BCUT2D eigenvalue weighted by atomic mass is 9.85. The van der Waals surface area contributed by atoms with E-state index in [4.69, 9.17) is 16.6 Å². The number of aromatic hydroxyl groups is 1. The minimum Gasteiger partial charge on any atom is -0.504 e. The number of pyridine rings is 2. The highest BCUT2D eigenvalue weighted by atomic mass is 35.5. The van der Waals surface area contributed by atoms with E-state index < -0.39 is 17.0 Å². The number of carbonyl (C=O) groups excluding carboxylic acids is 1. The number of hydrogen-bond acceptors (Lipinski definition) is 6. The predicted molar refractivity (Wildman–Crippen MR) is 137 cm³/mol. The first kappa shape index (κ1) is 23.9. The Morgan fingerprint density at radius 3 is 2.60 bits per heavy atom. The van der Waals surface area contributed by atoms with Crippen molar-refractivity contribution in [1.82, 2.24) is 14.9 Å². The molecule has 0 amide bonds. The van der Waals surface area contributed by atoms with Gasteiger partial charge in [-0.1, -0.05) is 11.6 Å². The van der Waals surface area contributed by atoms with Crippen molar-refractivity contribution in [2.45, 2.75) is 50.0 Å². The maximum atomic E-state index is 14.2. The molecule has 184 valence electrons. The van der Waals surface area contributed by atoms with Crippen LogP contribution in [0.1, 0.15) is 44.1 Å². The van der Waals surface area contributed by atoms with Crippen molar-refractivity contribution in [1.29, 1.82) is 0 Å². The zero-order chi connectivity index (χ0) is 24.7. The van der Waals surface area contributed by atoms with E-state index >= 15 is 0 Å². The molecule has 2 saturated carbocycles. The Morgan fingerprint density at radius 1 is 1.23 bits per heavy atom. The Hall–Kier alpha value is -2.77. The summed E-state index contributed by atoms with van der Waals surface area (Å²) >= 11 is 6.02. The van der Waals surface area contributed by atoms with Crippen LogP contribution >= 0.6 is 11.6 Å². The lowest BCUT2D eigenvalue weighted by Crippen LogP contribution is -2.31. The molecule has 2 fully saturated rings. The van der Waals surface area contributed by atoms with Crippen LogP contribution in [-0.2, 0) is 10.2 Å². The second-order valence-electron chi connectivity index (χ2n) is 10.3. The van der Waals surface area contributed by atoms with Crippen LogP contribution in [0, 0.1) is 11.7 Å². The van der Waals surface area contributed by atoms with Gasteiger partial charge in [-0.25, -0.2) is 9.37 Å². The molecule has 2 aliphatic rings. The number of halogens is 2. The minimum absolute atomic E-state index is 0.0699. The van der Waals surface area contributed by atoms with Gasteiger partial charge in [0.2, 0.25) is 0 Å². The van der Waals surface area contributed by atoms with Crippen LogP contribution < -0.4 is 5.32 Å². The number of rotatable bonds is 7. The smallest absolute Gasteiger partial charge is 0.170 e. The molecular weight excluding hydrogens is 467 g/mol. The zero-order valence-electron chi connectivity index (χ0n) is 20.0. The summed E-state index contributed by atoms with van der Waals surface area (Å²) in [5.74, 6) is -0.679. The molecule has 2 aromatic heterocycles. The molecule has 35 heavy (non-hydrogen) atoms. The van der Waals surface area contributed by atoms with E-state index in [0.29, 0.717) is 28.2 Å². The van der Waals surface area contributed by atoms with Gasteiger partial charge < -0.3 is 20.1 Å². The van der Waals surface area contributed by atoms with Gasteiger partial charge in [0.1, 0.15) is 11.8 Å². The van der Waals surface area contributed by atoms with Gasteiger partial charge in [0.15, 0.2) is 11.6 Å². The van der Waals surface area contributed by atoms with Gasteiger partial charge in [0.25, 0.3) is 0 Å². The number of nitrogens with one attached hydrogen (secondary N) is 1. The van der Waals surface area contributed by atoms with Crippen LogP contribution in [0.5, 0.6) is 5.75 Å². The van der Waals surface area contributed by atoms with Gasteiger partial charge in [-0.15, -0.1) is 0 Å². The van der Waals surface area contributed by atoms with Crippen LogP contribution in [0.15, 0.2) is 30.5 Å². The second-order valence-corrected chi connectivity index (χ2v) is 10.7. The van der Waals surface area contributed by atoms with Gasteiger partial charge in [0.05, 0.1) is 27.3 Å². The van der Waals surface area contributed by atoms with Crippen molar-refractivity contribution in [2.75, 3.05) is 26.0 Å². The summed E-state index contributed by atoms with van der Waals surface area (Å²) in [5.41, 5.74) is 3.56. The highest BCUT2D eigenvalue weighted by molar-refractivity contribution is 6.32. The molecule has 0 radical (unpaired) electrons. The van der Waals surface area contributed by atoms with Crippen LogP contribution in [-0.4, -0.2) is 52.9 Å². The summed E-state index contributed by atoms with van der Waals surface area (Å²) in [6.07, 6.45) is 8.84. The third kappa shape index (κ3) is 4.71. The number of aromatic nitrogens is 2. The van der Waals surface area contributed by atoms with Crippen LogP contribution in [0.25, 0.3) is 22.3 Å². The molecule has 0 atom stereocenters. The van der Waals surface area contributed by atoms with Crippen LogP contribution in [0.4, 0.5) is 10.1 Å². The standard InChI is InChI=1S/C27H30ClFN4O2/c1-33(2)14-16-3-5-18(6-4-16)31-24-19(27(15-34)9-10-27)13-30-23-8-7-22(32-25(23)24)17-11-20(28)26(35)21(29)12-17/h7-8,11-13,15-16,18,35H,3-6,9-10,14H2,1-2H3,(H,30,31). The maximum Gasteiger partial charge on any atom is 0.170 e. The molecule has 1 aromatic carbocycles. The number of fused-ring (bicyclic) bond motifs is 1. The fourth-order valence-electron chi connectivity index (χ4n) is 5.26. The number of nitrogens with zero attached hydrogens (tertiary/aromatic N) is 3. The van der Waals surface area contributed by atoms with Crippen molar-refractivity contribution in [3.63, 3.8) is 0 Å². The summed E-state index contributed by atoms with van der Waals surface area (Å²) in [5, 5.41) is 13.4. The average molecular weight is 497 g/mol. The van der Waals surface area contributed by atoms with E-state index in [1.807, 2.05) is 12.3 Å².